The molecule has 0 bridgehead atoms. The highest BCUT2D eigenvalue weighted by atomic mass is 35.5. The van der Waals surface area contributed by atoms with Gasteiger partial charge in [-0.3, -0.25) is 9.59 Å². The van der Waals surface area contributed by atoms with Crippen molar-refractivity contribution in [3.8, 4) is 10.6 Å². The number of fused-ring (bicyclic) bond motifs is 1. The van der Waals surface area contributed by atoms with Crippen LogP contribution >= 0.6 is 22.9 Å². The minimum absolute atomic E-state index is 0.00707. The second-order valence-electron chi connectivity index (χ2n) is 5.78. The highest BCUT2D eigenvalue weighted by Crippen LogP contribution is 2.29. The van der Waals surface area contributed by atoms with Gasteiger partial charge in [-0.05, 0) is 30.7 Å². The number of hydrogen-bond acceptors (Lipinski definition) is 6. The lowest BCUT2D eigenvalue weighted by molar-refractivity contribution is 0.0949. The smallest absolute Gasteiger partial charge is 0.277 e. The third kappa shape index (κ3) is 3.34. The molecule has 0 spiro atoms. The highest BCUT2D eigenvalue weighted by molar-refractivity contribution is 7.20. The van der Waals surface area contributed by atoms with Gasteiger partial charge in [0.15, 0.2) is 0 Å². The van der Waals surface area contributed by atoms with Crippen molar-refractivity contribution in [1.29, 1.82) is 0 Å². The van der Waals surface area contributed by atoms with Crippen molar-refractivity contribution in [1.82, 2.24) is 30.1 Å². The number of aromatic amines is 1. The van der Waals surface area contributed by atoms with Gasteiger partial charge in [0, 0.05) is 11.6 Å². The summed E-state index contributed by atoms with van der Waals surface area (Å²) in [5.74, 6) is -0.480. The van der Waals surface area contributed by atoms with Gasteiger partial charge in [-0.25, -0.2) is 14.6 Å². The summed E-state index contributed by atoms with van der Waals surface area (Å²) < 4.78 is 1.69. The van der Waals surface area contributed by atoms with Crippen molar-refractivity contribution < 1.29 is 4.79 Å². The van der Waals surface area contributed by atoms with Crippen molar-refractivity contribution >= 4 is 33.8 Å². The van der Waals surface area contributed by atoms with Crippen molar-refractivity contribution in [3.63, 3.8) is 0 Å². The Kier molecular flexibility index (Phi) is 4.46. The molecule has 136 valence electrons. The van der Waals surface area contributed by atoms with E-state index >= 15 is 0 Å². The van der Waals surface area contributed by atoms with Crippen LogP contribution in [-0.4, -0.2) is 30.7 Å². The normalized spacial score (nSPS) is 11.0. The molecular formula is C17H13ClN6O2S. The number of carbonyl (C=O) groups excluding carboxylic acids is 1. The number of H-pyrrole nitrogens is 1. The van der Waals surface area contributed by atoms with Gasteiger partial charge in [-0.1, -0.05) is 35.1 Å². The number of carbonyl (C=O) groups is 1. The first kappa shape index (κ1) is 17.4. The van der Waals surface area contributed by atoms with Gasteiger partial charge < -0.3 is 5.32 Å². The summed E-state index contributed by atoms with van der Waals surface area (Å²) in [6.07, 6.45) is 1.47. The maximum Gasteiger partial charge on any atom is 0.277 e. The summed E-state index contributed by atoms with van der Waals surface area (Å²) in [6.45, 7) is 2.16. The van der Waals surface area contributed by atoms with E-state index in [0.717, 1.165) is 16.1 Å². The molecule has 0 unspecified atom stereocenters. The Morgan fingerprint density at radius 3 is 2.85 bits per heavy atom. The Balaban J connectivity index is 1.61. The first-order chi connectivity index (χ1) is 13.0. The fraction of sp³-hybridized carbons (Fsp3) is 0.118. The third-order valence-electron chi connectivity index (χ3n) is 4.00. The lowest BCUT2D eigenvalue weighted by Crippen LogP contribution is -2.29. The minimum atomic E-state index is -0.551. The fourth-order valence-corrected chi connectivity index (χ4v) is 3.72. The number of rotatable bonds is 4. The lowest BCUT2D eigenvalue weighted by atomic mass is 10.2. The summed E-state index contributed by atoms with van der Waals surface area (Å²) in [5.41, 5.74) is 1.64. The van der Waals surface area contributed by atoms with Crippen LogP contribution in [0.25, 0.3) is 15.5 Å². The molecule has 4 rings (SSSR count). The quantitative estimate of drug-likeness (QED) is 0.547. The number of nitrogens with zero attached hydrogens (tertiary/aromatic N) is 4. The van der Waals surface area contributed by atoms with Gasteiger partial charge in [0.1, 0.15) is 17.6 Å². The summed E-state index contributed by atoms with van der Waals surface area (Å²) in [4.78, 5) is 30.2. The molecule has 0 aliphatic heterocycles. The van der Waals surface area contributed by atoms with E-state index in [9.17, 15) is 9.59 Å². The molecule has 1 amide bonds. The maximum absolute atomic E-state index is 12.5. The number of benzene rings is 1. The van der Waals surface area contributed by atoms with Crippen molar-refractivity contribution in [3.05, 3.63) is 68.9 Å². The molecule has 0 radical (unpaired) electrons. The number of thiazole rings is 1. The van der Waals surface area contributed by atoms with Gasteiger partial charge in [0.25, 0.3) is 11.5 Å². The largest absolute Gasteiger partial charge is 0.348 e. The van der Waals surface area contributed by atoms with Crippen molar-refractivity contribution in [2.24, 2.45) is 0 Å². The monoisotopic (exact) mass is 400 g/mol. The number of amides is 1. The minimum Gasteiger partial charge on any atom is -0.348 e. The number of aryl methyl sites for hydroxylation is 1. The molecule has 2 N–H and O–H groups in total. The third-order valence-corrected chi connectivity index (χ3v) is 5.42. The molecule has 4 aromatic rings. The van der Waals surface area contributed by atoms with Crippen LogP contribution in [0.4, 0.5) is 0 Å². The van der Waals surface area contributed by atoms with Gasteiger partial charge in [0.05, 0.1) is 10.6 Å². The summed E-state index contributed by atoms with van der Waals surface area (Å²) >= 11 is 7.23. The molecule has 0 saturated carbocycles. The Morgan fingerprint density at radius 1 is 1.33 bits per heavy atom. The number of nitrogens with one attached hydrogen (secondary N) is 2. The first-order valence-electron chi connectivity index (χ1n) is 7.95. The number of halogens is 1. The Labute approximate surface area is 161 Å². The number of hydrogen-bond donors (Lipinski definition) is 2. The highest BCUT2D eigenvalue weighted by Gasteiger charge is 2.17. The van der Waals surface area contributed by atoms with Gasteiger partial charge in [0.2, 0.25) is 4.96 Å². The van der Waals surface area contributed by atoms with E-state index in [0.29, 0.717) is 15.7 Å². The second-order valence-corrected chi connectivity index (χ2v) is 7.19. The predicted octanol–water partition coefficient (Wildman–Crippen LogP) is 2.43. The summed E-state index contributed by atoms with van der Waals surface area (Å²) in [7, 11) is 0. The SMILES string of the molecule is Cc1c(-c2cc(C(=O)NCc3ccc(Cl)cc3)c(=O)[nH]n2)sc2ncnn12. The molecule has 10 heteroatoms. The van der Waals surface area contributed by atoms with Crippen molar-refractivity contribution in [2.75, 3.05) is 0 Å². The van der Waals surface area contributed by atoms with E-state index in [4.69, 9.17) is 11.6 Å². The molecule has 0 atom stereocenters. The van der Waals surface area contributed by atoms with Crippen LogP contribution in [-0.2, 0) is 6.54 Å². The molecule has 0 saturated heterocycles. The second kappa shape index (κ2) is 6.93. The van der Waals surface area contributed by atoms with E-state index in [1.54, 1.807) is 16.6 Å². The molecule has 3 aromatic heterocycles. The zero-order valence-electron chi connectivity index (χ0n) is 14.1. The molecule has 1 aromatic carbocycles. The summed E-state index contributed by atoms with van der Waals surface area (Å²) in [5, 5.41) is 13.9. The average Bonchev–Trinajstić information content (AvgIpc) is 3.25. The average molecular weight is 401 g/mol. The van der Waals surface area contributed by atoms with Crippen LogP contribution in [0.3, 0.4) is 0 Å². The zero-order chi connectivity index (χ0) is 19.0. The molecule has 0 fully saturated rings. The van der Waals surface area contributed by atoms with Crippen LogP contribution in [0.5, 0.6) is 0 Å². The van der Waals surface area contributed by atoms with Crippen LogP contribution in [0.2, 0.25) is 5.02 Å². The molecule has 27 heavy (non-hydrogen) atoms. The molecule has 0 aliphatic carbocycles. The van der Waals surface area contributed by atoms with Crippen LogP contribution < -0.4 is 10.9 Å². The van der Waals surface area contributed by atoms with Crippen LogP contribution in [0.15, 0.2) is 41.5 Å². The Bertz CT molecular complexity index is 1190. The van der Waals surface area contributed by atoms with E-state index < -0.39 is 11.5 Å². The summed E-state index contributed by atoms with van der Waals surface area (Å²) in [6, 6.07) is 8.58. The lowest BCUT2D eigenvalue weighted by Gasteiger charge is -2.06. The Morgan fingerprint density at radius 2 is 2.11 bits per heavy atom. The van der Waals surface area contributed by atoms with Gasteiger partial charge in [-0.15, -0.1) is 0 Å². The topological polar surface area (TPSA) is 105 Å². The molecular weight excluding hydrogens is 388 g/mol. The van der Waals surface area contributed by atoms with Gasteiger partial charge >= 0.3 is 0 Å². The Hall–Kier alpha value is -3.04. The van der Waals surface area contributed by atoms with Gasteiger partial charge in [-0.2, -0.15) is 10.2 Å². The standard InChI is InChI=1S/C17H13ClN6O2S/c1-9-14(27-17-20-8-21-24(9)17)13-6-12(16(26)23-22-13)15(25)19-7-10-2-4-11(18)5-3-10/h2-6,8H,7H2,1H3,(H,19,25)(H,23,26). The fourth-order valence-electron chi connectivity index (χ4n) is 2.60. The number of aromatic nitrogens is 5. The van der Waals surface area contributed by atoms with E-state index in [1.165, 1.54) is 23.7 Å². The zero-order valence-corrected chi connectivity index (χ0v) is 15.6. The van der Waals surface area contributed by atoms with E-state index in [2.05, 4.69) is 25.6 Å². The molecule has 3 heterocycles. The predicted molar refractivity (Wildman–Crippen MR) is 102 cm³/mol. The first-order valence-corrected chi connectivity index (χ1v) is 9.14. The molecule has 0 aliphatic rings. The van der Waals surface area contributed by atoms with Crippen molar-refractivity contribution in [2.45, 2.75) is 13.5 Å². The maximum atomic E-state index is 12.5. The molecule has 8 nitrogen and oxygen atoms in total. The van der Waals surface area contributed by atoms with Crippen LogP contribution in [0.1, 0.15) is 21.6 Å². The van der Waals surface area contributed by atoms with Crippen LogP contribution in [0, 0.1) is 6.92 Å². The van der Waals surface area contributed by atoms with E-state index in [-0.39, 0.29) is 12.1 Å². The van der Waals surface area contributed by atoms with E-state index in [1.807, 2.05) is 19.1 Å².